The summed E-state index contributed by atoms with van der Waals surface area (Å²) in [5.74, 6) is -0.806. The molecule has 2 N–H and O–H groups in total. The lowest BCUT2D eigenvalue weighted by Gasteiger charge is -2.11. The smallest absolute Gasteiger partial charge is 0.340 e. The fourth-order valence-corrected chi connectivity index (χ4v) is 2.10. The molecular formula is C18H22N2O4. The van der Waals surface area contributed by atoms with Crippen molar-refractivity contribution in [1.82, 2.24) is 0 Å². The zero-order valence-electron chi connectivity index (χ0n) is 14.0. The van der Waals surface area contributed by atoms with Gasteiger partial charge in [-0.2, -0.15) is 0 Å². The third-order valence-electron chi connectivity index (χ3n) is 3.20. The molecule has 1 aromatic carbocycles. The van der Waals surface area contributed by atoms with Gasteiger partial charge in [-0.05, 0) is 48.7 Å². The Bertz CT molecular complexity index is 663. The monoisotopic (exact) mass is 330 g/mol. The number of rotatable bonds is 9. The lowest BCUT2D eigenvalue weighted by Crippen LogP contribution is -2.14. The van der Waals surface area contributed by atoms with Gasteiger partial charge in [0.2, 0.25) is 0 Å². The minimum atomic E-state index is -0.614. The van der Waals surface area contributed by atoms with Gasteiger partial charge in [-0.3, -0.25) is 4.79 Å². The highest BCUT2D eigenvalue weighted by Gasteiger charge is 2.19. The molecule has 0 heterocycles. The van der Waals surface area contributed by atoms with Crippen molar-refractivity contribution in [2.45, 2.75) is 33.1 Å². The highest BCUT2D eigenvalue weighted by atomic mass is 16.5. The van der Waals surface area contributed by atoms with E-state index in [4.69, 9.17) is 10.5 Å². The highest BCUT2D eigenvalue weighted by Crippen LogP contribution is 2.26. The van der Waals surface area contributed by atoms with E-state index in [0.29, 0.717) is 12.0 Å². The van der Waals surface area contributed by atoms with E-state index in [9.17, 15) is 14.5 Å². The van der Waals surface area contributed by atoms with Crippen molar-refractivity contribution in [3.05, 3.63) is 52.5 Å². The average molecular weight is 330 g/mol. The van der Waals surface area contributed by atoms with Gasteiger partial charge in [0, 0.05) is 12.1 Å². The van der Waals surface area contributed by atoms with Gasteiger partial charge in [-0.15, -0.1) is 4.91 Å². The minimum absolute atomic E-state index is 0.0522. The molecule has 0 aromatic heterocycles. The number of anilines is 1. The molecule has 0 aliphatic heterocycles. The zero-order valence-corrected chi connectivity index (χ0v) is 14.0. The Morgan fingerprint density at radius 2 is 2.04 bits per heavy atom. The summed E-state index contributed by atoms with van der Waals surface area (Å²) in [7, 11) is 0. The first-order valence-electron chi connectivity index (χ1n) is 7.76. The summed E-state index contributed by atoms with van der Waals surface area (Å²) in [5.41, 5.74) is 6.46. The number of hydrogen-bond donors (Lipinski definition) is 1. The van der Waals surface area contributed by atoms with Gasteiger partial charge in [-0.1, -0.05) is 25.2 Å². The zero-order chi connectivity index (χ0) is 17.9. The summed E-state index contributed by atoms with van der Waals surface area (Å²) in [4.78, 5) is 35.0. The van der Waals surface area contributed by atoms with Crippen LogP contribution in [-0.2, 0) is 16.0 Å². The fourth-order valence-electron chi connectivity index (χ4n) is 2.10. The van der Waals surface area contributed by atoms with Crippen molar-refractivity contribution in [1.29, 1.82) is 0 Å². The predicted molar refractivity (Wildman–Crippen MR) is 94.2 cm³/mol. The fraction of sp³-hybridized carbons (Fsp3) is 0.333. The van der Waals surface area contributed by atoms with Crippen LogP contribution in [0.5, 0.6) is 0 Å². The molecule has 0 atom stereocenters. The molecule has 24 heavy (non-hydrogen) atoms. The van der Waals surface area contributed by atoms with Crippen LogP contribution >= 0.6 is 0 Å². The van der Waals surface area contributed by atoms with Gasteiger partial charge in [0.05, 0.1) is 12.2 Å². The number of carbonyl (C=O) groups is 2. The molecule has 0 saturated carbocycles. The number of benzene rings is 1. The van der Waals surface area contributed by atoms with Crippen LogP contribution in [0.1, 0.15) is 42.6 Å². The van der Waals surface area contributed by atoms with E-state index in [1.165, 1.54) is 18.2 Å². The second-order valence-electron chi connectivity index (χ2n) is 5.11. The largest absolute Gasteiger partial charge is 0.462 e. The quantitative estimate of drug-likeness (QED) is 0.185. The van der Waals surface area contributed by atoms with Crippen molar-refractivity contribution in [3.8, 4) is 0 Å². The first-order valence-corrected chi connectivity index (χ1v) is 7.76. The lowest BCUT2D eigenvalue weighted by molar-refractivity contribution is -0.114. The molecule has 6 nitrogen and oxygen atoms in total. The van der Waals surface area contributed by atoms with E-state index in [0.717, 1.165) is 6.42 Å². The third kappa shape index (κ3) is 5.79. The number of nitrogens with zero attached hydrogens (tertiary/aromatic N) is 1. The van der Waals surface area contributed by atoms with Gasteiger partial charge in [-0.25, -0.2) is 4.79 Å². The first kappa shape index (κ1) is 19.3. The number of carbonyl (C=O) groups excluding carboxylic acids is 2. The third-order valence-corrected chi connectivity index (χ3v) is 3.20. The van der Waals surface area contributed by atoms with Crippen LogP contribution in [-0.4, -0.2) is 18.4 Å². The van der Waals surface area contributed by atoms with Crippen LogP contribution in [0.2, 0.25) is 0 Å². The molecule has 6 heteroatoms. The Labute approximate surface area is 141 Å². The average Bonchev–Trinajstić information content (AvgIpc) is 2.56. The molecule has 0 fully saturated rings. The second-order valence-corrected chi connectivity index (χ2v) is 5.11. The molecule has 0 unspecified atom stereocenters. The summed E-state index contributed by atoms with van der Waals surface area (Å²) in [6.07, 6.45) is 8.16. The van der Waals surface area contributed by atoms with Gasteiger partial charge in [0.25, 0.3) is 0 Å². The Kier molecular flexibility index (Phi) is 8.11. The summed E-state index contributed by atoms with van der Waals surface area (Å²) < 4.78 is 5.18. The summed E-state index contributed by atoms with van der Waals surface area (Å²) in [5, 5.41) is 2.83. The number of ketones is 1. The lowest BCUT2D eigenvalue weighted by atomic mass is 9.99. The standard InChI is InChI=1S/C18H22N2O4/c1-3-5-7-9-24-18(22)17-13(11-15(21)8-6-4-2)10-14(20-23)12-16(17)19/h3,5-6,8,10,12H,4,7,9,11,19H2,1-2H3/b5-3+,8-6+. The SMILES string of the molecule is C/C=C/CCOC(=O)c1c(N)cc(N=O)cc1CC(=O)/C=C/CC. The molecule has 0 saturated heterocycles. The maximum Gasteiger partial charge on any atom is 0.340 e. The topological polar surface area (TPSA) is 98.8 Å². The minimum Gasteiger partial charge on any atom is -0.462 e. The number of ether oxygens (including phenoxy) is 1. The van der Waals surface area contributed by atoms with E-state index in [1.54, 1.807) is 6.08 Å². The van der Waals surface area contributed by atoms with Gasteiger partial charge in [0.15, 0.2) is 5.78 Å². The Morgan fingerprint density at radius 3 is 2.67 bits per heavy atom. The van der Waals surface area contributed by atoms with Crippen LogP contribution in [0.25, 0.3) is 0 Å². The molecule has 0 radical (unpaired) electrons. The summed E-state index contributed by atoms with van der Waals surface area (Å²) in [6.45, 7) is 3.99. The Hall–Kier alpha value is -2.76. The molecule has 0 aliphatic rings. The van der Waals surface area contributed by atoms with Crippen molar-refractivity contribution < 1.29 is 14.3 Å². The molecule has 0 bridgehead atoms. The van der Waals surface area contributed by atoms with Crippen LogP contribution in [0.4, 0.5) is 11.4 Å². The van der Waals surface area contributed by atoms with E-state index in [-0.39, 0.29) is 35.7 Å². The molecule has 128 valence electrons. The first-order chi connectivity index (χ1) is 11.5. The highest BCUT2D eigenvalue weighted by molar-refractivity contribution is 6.00. The maximum absolute atomic E-state index is 12.3. The second kappa shape index (κ2) is 10.1. The molecular weight excluding hydrogens is 308 g/mol. The van der Waals surface area contributed by atoms with Crippen molar-refractivity contribution in [2.75, 3.05) is 12.3 Å². The van der Waals surface area contributed by atoms with Gasteiger partial charge >= 0.3 is 5.97 Å². The van der Waals surface area contributed by atoms with Crippen LogP contribution < -0.4 is 5.73 Å². The normalized spacial score (nSPS) is 11.1. The number of allylic oxidation sites excluding steroid dienone is 3. The van der Waals surface area contributed by atoms with Crippen LogP contribution in [0, 0.1) is 4.91 Å². The van der Waals surface area contributed by atoms with Crippen molar-refractivity contribution in [2.24, 2.45) is 5.18 Å². The molecule has 0 aliphatic carbocycles. The van der Waals surface area contributed by atoms with E-state index < -0.39 is 5.97 Å². The summed E-state index contributed by atoms with van der Waals surface area (Å²) in [6, 6.07) is 2.69. The Morgan fingerprint density at radius 1 is 1.29 bits per heavy atom. The number of esters is 1. The summed E-state index contributed by atoms with van der Waals surface area (Å²) >= 11 is 0. The number of nitrogen functional groups attached to an aromatic ring is 1. The predicted octanol–water partition coefficient (Wildman–Crippen LogP) is 3.87. The van der Waals surface area contributed by atoms with E-state index >= 15 is 0 Å². The number of nitrogens with two attached hydrogens (primary N) is 1. The van der Waals surface area contributed by atoms with Crippen LogP contribution in [0.15, 0.2) is 41.6 Å². The molecule has 0 spiro atoms. The molecule has 1 rings (SSSR count). The maximum atomic E-state index is 12.3. The molecule has 0 amide bonds. The number of hydrogen-bond acceptors (Lipinski definition) is 6. The number of nitroso groups, excluding NO2 is 1. The van der Waals surface area contributed by atoms with Crippen LogP contribution in [0.3, 0.4) is 0 Å². The Balaban J connectivity index is 3.07. The van der Waals surface area contributed by atoms with E-state index in [1.807, 2.05) is 26.0 Å². The van der Waals surface area contributed by atoms with Crippen molar-refractivity contribution >= 4 is 23.1 Å². The van der Waals surface area contributed by atoms with Crippen molar-refractivity contribution in [3.63, 3.8) is 0 Å². The van der Waals surface area contributed by atoms with Gasteiger partial charge in [0.1, 0.15) is 5.69 Å². The molecule has 1 aromatic rings. The van der Waals surface area contributed by atoms with Gasteiger partial charge < -0.3 is 10.5 Å². The van der Waals surface area contributed by atoms with E-state index in [2.05, 4.69) is 5.18 Å².